The number of ether oxygens (including phenoxy) is 2. The van der Waals surface area contributed by atoms with E-state index in [1.165, 1.54) is 12.1 Å². The summed E-state index contributed by atoms with van der Waals surface area (Å²) in [5.41, 5.74) is 1.25. The Hall–Kier alpha value is -2.73. The van der Waals surface area contributed by atoms with E-state index < -0.39 is 0 Å². The van der Waals surface area contributed by atoms with Crippen LogP contribution in [0.4, 0.5) is 5.69 Å². The topological polar surface area (TPSA) is 45.2 Å². The molecule has 0 saturated carbocycles. The SMILES string of the molecule is COc1ccc(N2CCN([C@H]3CCCN(C(=O)CCOc4ccccc4)C3)CC2)cc1. The average Bonchev–Trinajstić information content (AvgIpc) is 2.85. The first-order valence-electron chi connectivity index (χ1n) is 11.3. The van der Waals surface area contributed by atoms with Crippen molar-refractivity contribution in [2.45, 2.75) is 25.3 Å². The fourth-order valence-corrected chi connectivity index (χ4v) is 4.55. The standard InChI is InChI=1S/C25H33N3O3/c1-30-23-11-9-21(10-12-23)26-15-17-27(18-16-26)22-6-5-14-28(20-22)25(29)13-19-31-24-7-3-2-4-8-24/h2-4,7-12,22H,5-6,13-20H2,1H3/t22-/m0/s1. The predicted octanol–water partition coefficient (Wildman–Crippen LogP) is 3.28. The lowest BCUT2D eigenvalue weighted by Gasteiger charge is -2.44. The smallest absolute Gasteiger partial charge is 0.226 e. The zero-order valence-corrected chi connectivity index (χ0v) is 18.4. The molecular formula is C25H33N3O3. The summed E-state index contributed by atoms with van der Waals surface area (Å²) in [6.07, 6.45) is 2.69. The minimum absolute atomic E-state index is 0.206. The van der Waals surface area contributed by atoms with Gasteiger partial charge in [-0.25, -0.2) is 0 Å². The molecule has 1 amide bonds. The van der Waals surface area contributed by atoms with E-state index in [9.17, 15) is 4.79 Å². The van der Waals surface area contributed by atoms with Gasteiger partial charge < -0.3 is 19.3 Å². The third kappa shape index (κ3) is 5.70. The van der Waals surface area contributed by atoms with E-state index >= 15 is 0 Å². The van der Waals surface area contributed by atoms with E-state index in [1.54, 1.807) is 7.11 Å². The van der Waals surface area contributed by atoms with Crippen LogP contribution in [-0.2, 0) is 4.79 Å². The summed E-state index contributed by atoms with van der Waals surface area (Å²) in [6, 6.07) is 18.5. The molecule has 2 aliphatic rings. The molecule has 6 nitrogen and oxygen atoms in total. The second-order valence-corrected chi connectivity index (χ2v) is 8.27. The molecule has 2 aliphatic heterocycles. The fraction of sp³-hybridized carbons (Fsp3) is 0.480. The van der Waals surface area contributed by atoms with E-state index in [0.717, 1.165) is 57.2 Å². The summed E-state index contributed by atoms with van der Waals surface area (Å²) < 4.78 is 11.0. The highest BCUT2D eigenvalue weighted by molar-refractivity contribution is 5.76. The Kier molecular flexibility index (Phi) is 7.30. The Balaban J connectivity index is 1.22. The van der Waals surface area contributed by atoms with Gasteiger partial charge in [0.2, 0.25) is 5.91 Å². The van der Waals surface area contributed by atoms with Crippen LogP contribution in [0.2, 0.25) is 0 Å². The number of piperidine rings is 1. The van der Waals surface area contributed by atoms with Gasteiger partial charge in [-0.1, -0.05) is 18.2 Å². The van der Waals surface area contributed by atoms with Crippen molar-refractivity contribution in [3.05, 3.63) is 54.6 Å². The molecule has 0 aliphatic carbocycles. The second-order valence-electron chi connectivity index (χ2n) is 8.27. The molecule has 0 unspecified atom stereocenters. The maximum absolute atomic E-state index is 12.7. The maximum Gasteiger partial charge on any atom is 0.226 e. The van der Waals surface area contributed by atoms with Crippen molar-refractivity contribution in [1.82, 2.24) is 9.80 Å². The third-order valence-corrected chi connectivity index (χ3v) is 6.35. The lowest BCUT2D eigenvalue weighted by molar-refractivity contribution is -0.133. The van der Waals surface area contributed by atoms with Crippen LogP contribution in [0.5, 0.6) is 11.5 Å². The molecule has 0 spiro atoms. The largest absolute Gasteiger partial charge is 0.497 e. The molecule has 2 heterocycles. The van der Waals surface area contributed by atoms with Gasteiger partial charge in [-0.3, -0.25) is 9.69 Å². The van der Waals surface area contributed by atoms with Crippen LogP contribution in [0, 0.1) is 0 Å². The third-order valence-electron chi connectivity index (χ3n) is 6.35. The Morgan fingerprint density at radius 1 is 0.935 bits per heavy atom. The highest BCUT2D eigenvalue weighted by Crippen LogP contribution is 2.23. The van der Waals surface area contributed by atoms with Gasteiger partial charge in [0.15, 0.2) is 0 Å². The summed E-state index contributed by atoms with van der Waals surface area (Å²) in [4.78, 5) is 19.8. The number of likely N-dealkylation sites (tertiary alicyclic amines) is 1. The number of anilines is 1. The van der Waals surface area contributed by atoms with Crippen LogP contribution in [0.15, 0.2) is 54.6 Å². The summed E-state index contributed by atoms with van der Waals surface area (Å²) in [5, 5.41) is 0. The summed E-state index contributed by atoms with van der Waals surface area (Å²) in [7, 11) is 1.70. The minimum atomic E-state index is 0.206. The van der Waals surface area contributed by atoms with Gasteiger partial charge in [-0.05, 0) is 49.2 Å². The van der Waals surface area contributed by atoms with Gasteiger partial charge in [-0.15, -0.1) is 0 Å². The Labute approximate surface area is 185 Å². The molecule has 6 heteroatoms. The molecule has 2 fully saturated rings. The van der Waals surface area contributed by atoms with Crippen molar-refractivity contribution < 1.29 is 14.3 Å². The Morgan fingerprint density at radius 3 is 2.39 bits per heavy atom. The first-order valence-corrected chi connectivity index (χ1v) is 11.3. The van der Waals surface area contributed by atoms with Crippen molar-refractivity contribution in [2.75, 3.05) is 57.9 Å². The van der Waals surface area contributed by atoms with Crippen molar-refractivity contribution in [2.24, 2.45) is 0 Å². The summed E-state index contributed by atoms with van der Waals surface area (Å²) in [6.45, 7) is 6.25. The summed E-state index contributed by atoms with van der Waals surface area (Å²) >= 11 is 0. The zero-order valence-electron chi connectivity index (χ0n) is 18.4. The molecule has 4 rings (SSSR count). The van der Waals surface area contributed by atoms with Crippen LogP contribution >= 0.6 is 0 Å². The lowest BCUT2D eigenvalue weighted by Crippen LogP contribution is -2.56. The molecule has 0 radical (unpaired) electrons. The number of hydrogen-bond acceptors (Lipinski definition) is 5. The average molecular weight is 424 g/mol. The fourth-order valence-electron chi connectivity index (χ4n) is 4.55. The summed E-state index contributed by atoms with van der Waals surface area (Å²) in [5.74, 6) is 1.92. The number of amides is 1. The number of piperazine rings is 1. The van der Waals surface area contributed by atoms with Crippen LogP contribution in [0.3, 0.4) is 0 Å². The van der Waals surface area contributed by atoms with Gasteiger partial charge in [0.25, 0.3) is 0 Å². The van der Waals surface area contributed by atoms with Crippen molar-refractivity contribution in [3.63, 3.8) is 0 Å². The second kappa shape index (κ2) is 10.5. The van der Waals surface area contributed by atoms with Gasteiger partial charge in [-0.2, -0.15) is 0 Å². The molecule has 166 valence electrons. The number of carbonyl (C=O) groups is 1. The number of carbonyl (C=O) groups excluding carboxylic acids is 1. The van der Waals surface area contributed by atoms with Gasteiger partial charge in [0.05, 0.1) is 20.1 Å². The van der Waals surface area contributed by atoms with Crippen molar-refractivity contribution in [3.8, 4) is 11.5 Å². The number of rotatable bonds is 7. The van der Waals surface area contributed by atoms with Gasteiger partial charge in [0, 0.05) is 51.0 Å². The van der Waals surface area contributed by atoms with E-state index in [1.807, 2.05) is 47.4 Å². The van der Waals surface area contributed by atoms with E-state index in [-0.39, 0.29) is 5.91 Å². The minimum Gasteiger partial charge on any atom is -0.497 e. The molecular weight excluding hydrogens is 390 g/mol. The number of benzene rings is 2. The first-order chi connectivity index (χ1) is 15.2. The molecule has 2 saturated heterocycles. The zero-order chi connectivity index (χ0) is 21.5. The van der Waals surface area contributed by atoms with E-state index in [4.69, 9.17) is 9.47 Å². The molecule has 2 aromatic rings. The number of nitrogens with zero attached hydrogens (tertiary/aromatic N) is 3. The molecule has 1 atom stereocenters. The lowest BCUT2D eigenvalue weighted by atomic mass is 10.0. The monoisotopic (exact) mass is 423 g/mol. The first kappa shape index (κ1) is 21.5. The van der Waals surface area contributed by atoms with Gasteiger partial charge >= 0.3 is 0 Å². The number of para-hydroxylation sites is 1. The van der Waals surface area contributed by atoms with Crippen LogP contribution in [-0.4, -0.2) is 74.7 Å². The molecule has 2 aromatic carbocycles. The quantitative estimate of drug-likeness (QED) is 0.684. The highest BCUT2D eigenvalue weighted by Gasteiger charge is 2.29. The maximum atomic E-state index is 12.7. The van der Waals surface area contributed by atoms with E-state index in [0.29, 0.717) is 19.1 Å². The van der Waals surface area contributed by atoms with Gasteiger partial charge in [0.1, 0.15) is 11.5 Å². The number of hydrogen-bond donors (Lipinski definition) is 0. The predicted molar refractivity (Wildman–Crippen MR) is 123 cm³/mol. The molecule has 0 aromatic heterocycles. The van der Waals surface area contributed by atoms with Crippen LogP contribution in [0.25, 0.3) is 0 Å². The van der Waals surface area contributed by atoms with Crippen LogP contribution in [0.1, 0.15) is 19.3 Å². The molecule has 0 N–H and O–H groups in total. The normalized spacial score (nSPS) is 19.8. The van der Waals surface area contributed by atoms with E-state index in [2.05, 4.69) is 21.9 Å². The highest BCUT2D eigenvalue weighted by atomic mass is 16.5. The molecule has 31 heavy (non-hydrogen) atoms. The Bertz CT molecular complexity index is 820. The number of methoxy groups -OCH3 is 1. The van der Waals surface area contributed by atoms with Crippen molar-refractivity contribution in [1.29, 1.82) is 0 Å². The van der Waals surface area contributed by atoms with Crippen LogP contribution < -0.4 is 14.4 Å². The molecule has 0 bridgehead atoms. The van der Waals surface area contributed by atoms with Crippen molar-refractivity contribution >= 4 is 11.6 Å². The Morgan fingerprint density at radius 2 is 1.68 bits per heavy atom.